The fourth-order valence-electron chi connectivity index (χ4n) is 2.41. The summed E-state index contributed by atoms with van der Waals surface area (Å²) in [7, 11) is 0. The van der Waals surface area contributed by atoms with Crippen molar-refractivity contribution in [3.05, 3.63) is 21.9 Å². The predicted molar refractivity (Wildman–Crippen MR) is 95.9 cm³/mol. The lowest BCUT2D eigenvalue weighted by Crippen LogP contribution is -2.34. The monoisotopic (exact) mass is 310 g/mol. The van der Waals surface area contributed by atoms with E-state index in [2.05, 4.69) is 70.8 Å². The molecular formula is C18H34N2S. The fourth-order valence-corrected chi connectivity index (χ4v) is 3.41. The lowest BCUT2D eigenvalue weighted by Gasteiger charge is -2.25. The van der Waals surface area contributed by atoms with Gasteiger partial charge in [0.25, 0.3) is 0 Å². The normalized spacial score (nSPS) is 12.9. The molecule has 0 fully saturated rings. The molecule has 122 valence electrons. The summed E-state index contributed by atoms with van der Waals surface area (Å²) in [6.45, 7) is 20.3. The second-order valence-corrected chi connectivity index (χ2v) is 9.21. The van der Waals surface area contributed by atoms with Gasteiger partial charge in [0.05, 0.1) is 0 Å². The lowest BCUT2D eigenvalue weighted by molar-refractivity contribution is 0.213. The minimum atomic E-state index is 0.186. The molecule has 0 aliphatic carbocycles. The maximum Gasteiger partial charge on any atom is 0.0328 e. The van der Waals surface area contributed by atoms with E-state index in [0.717, 1.165) is 24.9 Å². The maximum atomic E-state index is 3.57. The highest BCUT2D eigenvalue weighted by Crippen LogP contribution is 2.20. The molecule has 1 N–H and O–H groups in total. The highest BCUT2D eigenvalue weighted by Gasteiger charge is 2.13. The van der Waals surface area contributed by atoms with Crippen LogP contribution in [0.3, 0.4) is 0 Å². The molecule has 0 saturated carbocycles. The molecule has 0 radical (unpaired) electrons. The predicted octanol–water partition coefficient (Wildman–Crippen LogP) is 4.75. The Morgan fingerprint density at radius 2 is 1.52 bits per heavy atom. The van der Waals surface area contributed by atoms with Crippen LogP contribution in [0.2, 0.25) is 0 Å². The van der Waals surface area contributed by atoms with Gasteiger partial charge in [-0.3, -0.25) is 4.90 Å². The van der Waals surface area contributed by atoms with E-state index in [0.29, 0.717) is 0 Å². The van der Waals surface area contributed by atoms with Gasteiger partial charge in [-0.05, 0) is 44.7 Å². The van der Waals surface area contributed by atoms with E-state index in [1.807, 2.05) is 11.3 Å². The molecule has 1 heterocycles. The summed E-state index contributed by atoms with van der Waals surface area (Å²) in [6, 6.07) is 4.58. The number of nitrogens with zero attached hydrogens (tertiary/aromatic N) is 1. The molecule has 21 heavy (non-hydrogen) atoms. The zero-order chi connectivity index (χ0) is 16.0. The Labute approximate surface area is 135 Å². The Kier molecular flexibility index (Phi) is 7.38. The average Bonchev–Trinajstić information content (AvgIpc) is 2.71. The highest BCUT2D eigenvalue weighted by atomic mass is 32.1. The van der Waals surface area contributed by atoms with Gasteiger partial charge in [-0.1, -0.05) is 27.7 Å². The van der Waals surface area contributed by atoms with Gasteiger partial charge in [-0.25, -0.2) is 0 Å². The van der Waals surface area contributed by atoms with Crippen molar-refractivity contribution >= 4 is 11.3 Å². The third-order valence-corrected chi connectivity index (χ3v) is 4.21. The summed E-state index contributed by atoms with van der Waals surface area (Å²) < 4.78 is 0. The van der Waals surface area contributed by atoms with Gasteiger partial charge in [-0.15, -0.1) is 11.3 Å². The lowest BCUT2D eigenvalue weighted by atomic mass is 10.1. The highest BCUT2D eigenvalue weighted by molar-refractivity contribution is 7.11. The van der Waals surface area contributed by atoms with Crippen LogP contribution in [-0.2, 0) is 13.1 Å². The molecule has 0 saturated heterocycles. The molecule has 0 unspecified atom stereocenters. The number of thiophene rings is 1. The Balaban J connectivity index is 2.57. The zero-order valence-electron chi connectivity index (χ0n) is 15.0. The molecule has 1 aromatic heterocycles. The SMILES string of the molecule is CC(C)CN(Cc1ccc(CNC(C)(C)C)s1)CC(C)C. The van der Waals surface area contributed by atoms with Crippen molar-refractivity contribution in [2.75, 3.05) is 13.1 Å². The molecule has 0 bridgehead atoms. The topological polar surface area (TPSA) is 15.3 Å². The second-order valence-electron chi connectivity index (χ2n) is 7.95. The van der Waals surface area contributed by atoms with Crippen LogP contribution in [-0.4, -0.2) is 23.5 Å². The van der Waals surface area contributed by atoms with E-state index < -0.39 is 0 Å². The van der Waals surface area contributed by atoms with Crippen molar-refractivity contribution in [1.82, 2.24) is 10.2 Å². The van der Waals surface area contributed by atoms with Crippen LogP contribution >= 0.6 is 11.3 Å². The summed E-state index contributed by atoms with van der Waals surface area (Å²) in [6.07, 6.45) is 0. The molecule has 0 aromatic carbocycles. The standard InChI is InChI=1S/C18H34N2S/c1-14(2)11-20(12-15(3)4)13-17-9-8-16(21-17)10-19-18(5,6)7/h8-9,14-15,19H,10-13H2,1-7H3. The quantitative estimate of drug-likeness (QED) is 0.745. The van der Waals surface area contributed by atoms with Gasteiger partial charge in [0.1, 0.15) is 0 Å². The molecular weight excluding hydrogens is 276 g/mol. The first-order valence-electron chi connectivity index (χ1n) is 8.20. The summed E-state index contributed by atoms with van der Waals surface area (Å²) in [5.41, 5.74) is 0.186. The first kappa shape index (κ1) is 18.7. The number of rotatable bonds is 8. The van der Waals surface area contributed by atoms with Crippen molar-refractivity contribution < 1.29 is 0 Å². The summed E-state index contributed by atoms with van der Waals surface area (Å²) in [5.74, 6) is 1.46. The third kappa shape index (κ3) is 8.60. The molecule has 0 atom stereocenters. The second kappa shape index (κ2) is 8.30. The van der Waals surface area contributed by atoms with Crippen LogP contribution in [0.25, 0.3) is 0 Å². The molecule has 0 aliphatic heterocycles. The van der Waals surface area contributed by atoms with Crippen LogP contribution < -0.4 is 5.32 Å². The molecule has 0 amide bonds. The van der Waals surface area contributed by atoms with Gasteiger partial charge < -0.3 is 5.32 Å². The van der Waals surface area contributed by atoms with Crippen molar-refractivity contribution in [1.29, 1.82) is 0 Å². The van der Waals surface area contributed by atoms with Crippen LogP contribution in [0.1, 0.15) is 58.2 Å². The first-order valence-corrected chi connectivity index (χ1v) is 9.02. The number of hydrogen-bond donors (Lipinski definition) is 1. The summed E-state index contributed by atoms with van der Waals surface area (Å²) in [5, 5.41) is 3.57. The van der Waals surface area contributed by atoms with Crippen LogP contribution in [0.4, 0.5) is 0 Å². The third-order valence-electron chi connectivity index (χ3n) is 3.14. The largest absolute Gasteiger partial charge is 0.307 e. The van der Waals surface area contributed by atoms with E-state index >= 15 is 0 Å². The van der Waals surface area contributed by atoms with Crippen molar-refractivity contribution in [2.45, 2.75) is 67.1 Å². The first-order chi connectivity index (χ1) is 9.65. The van der Waals surface area contributed by atoms with Gasteiger partial charge in [-0.2, -0.15) is 0 Å². The molecule has 1 rings (SSSR count). The van der Waals surface area contributed by atoms with Crippen LogP contribution in [0, 0.1) is 11.8 Å². The van der Waals surface area contributed by atoms with E-state index in [9.17, 15) is 0 Å². The maximum absolute atomic E-state index is 3.57. The van der Waals surface area contributed by atoms with Gasteiger partial charge >= 0.3 is 0 Å². The van der Waals surface area contributed by atoms with Crippen molar-refractivity contribution in [3.8, 4) is 0 Å². The van der Waals surface area contributed by atoms with E-state index in [1.54, 1.807) is 0 Å². The Morgan fingerprint density at radius 1 is 1.00 bits per heavy atom. The molecule has 2 nitrogen and oxygen atoms in total. The fraction of sp³-hybridized carbons (Fsp3) is 0.778. The summed E-state index contributed by atoms with van der Waals surface area (Å²) >= 11 is 1.95. The minimum Gasteiger partial charge on any atom is -0.307 e. The van der Waals surface area contributed by atoms with E-state index in [4.69, 9.17) is 0 Å². The zero-order valence-corrected chi connectivity index (χ0v) is 15.8. The number of hydrogen-bond acceptors (Lipinski definition) is 3. The van der Waals surface area contributed by atoms with Gasteiger partial charge in [0.2, 0.25) is 0 Å². The van der Waals surface area contributed by atoms with Gasteiger partial charge in [0.15, 0.2) is 0 Å². The Morgan fingerprint density at radius 3 is 2.00 bits per heavy atom. The van der Waals surface area contributed by atoms with Crippen molar-refractivity contribution in [3.63, 3.8) is 0 Å². The van der Waals surface area contributed by atoms with Crippen LogP contribution in [0.5, 0.6) is 0 Å². The minimum absolute atomic E-state index is 0.186. The van der Waals surface area contributed by atoms with Crippen molar-refractivity contribution in [2.24, 2.45) is 11.8 Å². The smallest absolute Gasteiger partial charge is 0.0328 e. The Hall–Kier alpha value is -0.380. The van der Waals surface area contributed by atoms with Crippen LogP contribution in [0.15, 0.2) is 12.1 Å². The molecule has 1 aromatic rings. The molecule has 3 heteroatoms. The van der Waals surface area contributed by atoms with Gasteiger partial charge in [0, 0.05) is 41.5 Å². The Bertz CT molecular complexity index is 392. The van der Waals surface area contributed by atoms with E-state index in [1.165, 1.54) is 22.8 Å². The molecule has 0 spiro atoms. The summed E-state index contributed by atoms with van der Waals surface area (Å²) in [4.78, 5) is 5.53. The molecule has 0 aliphatic rings. The number of nitrogens with one attached hydrogen (secondary N) is 1. The average molecular weight is 311 g/mol. The van der Waals surface area contributed by atoms with E-state index in [-0.39, 0.29) is 5.54 Å².